The minimum Gasteiger partial charge on any atom is -0.383 e. The first kappa shape index (κ1) is 11.6. The van der Waals surface area contributed by atoms with Gasteiger partial charge in [0.15, 0.2) is 6.21 Å². The third-order valence-corrected chi connectivity index (χ3v) is 1.80. The molecular weight excluding hydrogens is 190 g/mol. The van der Waals surface area contributed by atoms with Crippen LogP contribution in [0.5, 0.6) is 0 Å². The standard InChI is InChI=1S/C10H18N5/c1-14(2)6-8(7-15(3)4)10-9(11)5-12-13-10/h5-7,9H,11H2,1-4H3/q+1. The minimum absolute atomic E-state index is 0.201. The summed E-state index contributed by atoms with van der Waals surface area (Å²) in [5.41, 5.74) is 7.64. The molecule has 1 aliphatic heterocycles. The van der Waals surface area contributed by atoms with Gasteiger partial charge in [-0.25, -0.2) is 4.58 Å². The van der Waals surface area contributed by atoms with Gasteiger partial charge in [0.05, 0.1) is 23.5 Å². The summed E-state index contributed by atoms with van der Waals surface area (Å²) in [6, 6.07) is -0.201. The van der Waals surface area contributed by atoms with E-state index in [-0.39, 0.29) is 6.04 Å². The molecule has 15 heavy (non-hydrogen) atoms. The van der Waals surface area contributed by atoms with Crippen LogP contribution in [0.25, 0.3) is 0 Å². The second-order valence-electron chi connectivity index (χ2n) is 3.92. The lowest BCUT2D eigenvalue weighted by Crippen LogP contribution is -2.32. The smallest absolute Gasteiger partial charge is 0.173 e. The summed E-state index contributed by atoms with van der Waals surface area (Å²) in [7, 11) is 7.85. The van der Waals surface area contributed by atoms with Crippen molar-refractivity contribution in [2.45, 2.75) is 6.04 Å². The molecule has 0 aliphatic carbocycles. The maximum atomic E-state index is 5.85. The van der Waals surface area contributed by atoms with Gasteiger partial charge in [-0.1, -0.05) is 0 Å². The topological polar surface area (TPSA) is 57.0 Å². The average molecular weight is 208 g/mol. The molecule has 1 heterocycles. The second-order valence-corrected chi connectivity index (χ2v) is 3.92. The van der Waals surface area contributed by atoms with Gasteiger partial charge in [-0.2, -0.15) is 10.2 Å². The summed E-state index contributed by atoms with van der Waals surface area (Å²) in [5, 5.41) is 7.85. The van der Waals surface area contributed by atoms with Gasteiger partial charge in [-0.15, -0.1) is 0 Å². The van der Waals surface area contributed by atoms with E-state index in [1.54, 1.807) is 6.21 Å². The van der Waals surface area contributed by atoms with Crippen molar-refractivity contribution in [1.82, 2.24) is 4.90 Å². The van der Waals surface area contributed by atoms with Crippen LogP contribution < -0.4 is 5.73 Å². The Labute approximate surface area is 90.3 Å². The molecule has 0 saturated carbocycles. The van der Waals surface area contributed by atoms with Gasteiger partial charge < -0.3 is 10.6 Å². The van der Waals surface area contributed by atoms with Crippen LogP contribution in [0.1, 0.15) is 0 Å². The molecule has 0 spiro atoms. The van der Waals surface area contributed by atoms with Crippen molar-refractivity contribution in [3.05, 3.63) is 11.8 Å². The third-order valence-electron chi connectivity index (χ3n) is 1.80. The zero-order valence-corrected chi connectivity index (χ0v) is 9.68. The van der Waals surface area contributed by atoms with E-state index in [9.17, 15) is 0 Å². The lowest BCUT2D eigenvalue weighted by Gasteiger charge is -2.09. The molecule has 0 aromatic heterocycles. The van der Waals surface area contributed by atoms with Crippen LogP contribution in [0.4, 0.5) is 0 Å². The molecule has 0 radical (unpaired) electrons. The van der Waals surface area contributed by atoms with Gasteiger partial charge in [-0.05, 0) is 0 Å². The van der Waals surface area contributed by atoms with E-state index in [4.69, 9.17) is 5.73 Å². The monoisotopic (exact) mass is 208 g/mol. The minimum atomic E-state index is -0.201. The highest BCUT2D eigenvalue weighted by Crippen LogP contribution is 2.05. The van der Waals surface area contributed by atoms with Crippen LogP contribution in [0.15, 0.2) is 22.0 Å². The molecule has 0 aromatic rings. The first-order valence-corrected chi connectivity index (χ1v) is 4.77. The van der Waals surface area contributed by atoms with Crippen LogP contribution in [0.3, 0.4) is 0 Å². The Morgan fingerprint density at radius 3 is 2.60 bits per heavy atom. The van der Waals surface area contributed by atoms with E-state index < -0.39 is 0 Å². The van der Waals surface area contributed by atoms with Crippen LogP contribution in [-0.2, 0) is 0 Å². The lowest BCUT2D eigenvalue weighted by molar-refractivity contribution is -0.458. The molecule has 1 rings (SSSR count). The summed E-state index contributed by atoms with van der Waals surface area (Å²) < 4.78 is 1.96. The molecule has 0 bridgehead atoms. The number of nitrogens with two attached hydrogens (primary N) is 1. The van der Waals surface area contributed by atoms with Crippen LogP contribution >= 0.6 is 0 Å². The highest BCUT2D eigenvalue weighted by Gasteiger charge is 2.19. The molecule has 0 aromatic carbocycles. The molecule has 82 valence electrons. The van der Waals surface area contributed by atoms with Gasteiger partial charge in [0, 0.05) is 20.3 Å². The maximum Gasteiger partial charge on any atom is 0.173 e. The van der Waals surface area contributed by atoms with E-state index in [2.05, 4.69) is 10.2 Å². The number of hydrogen-bond donors (Lipinski definition) is 1. The lowest BCUT2D eigenvalue weighted by atomic mass is 10.1. The van der Waals surface area contributed by atoms with Crippen molar-refractivity contribution in [3.8, 4) is 0 Å². The summed E-state index contributed by atoms with van der Waals surface area (Å²) in [6.45, 7) is 0. The van der Waals surface area contributed by atoms with Crippen LogP contribution in [0, 0.1) is 0 Å². The quantitative estimate of drug-likeness (QED) is 0.504. The van der Waals surface area contributed by atoms with Gasteiger partial charge in [0.2, 0.25) is 0 Å². The van der Waals surface area contributed by atoms with Crippen molar-refractivity contribution in [3.63, 3.8) is 0 Å². The first-order chi connectivity index (χ1) is 7.00. The Bertz CT molecular complexity index is 345. The van der Waals surface area contributed by atoms with Gasteiger partial charge in [0.1, 0.15) is 14.1 Å². The highest BCUT2D eigenvalue weighted by atomic mass is 15.2. The molecule has 1 aliphatic rings. The van der Waals surface area contributed by atoms with Gasteiger partial charge >= 0.3 is 0 Å². The molecule has 5 nitrogen and oxygen atoms in total. The number of nitrogens with zero attached hydrogens (tertiary/aromatic N) is 4. The molecule has 1 atom stereocenters. The van der Waals surface area contributed by atoms with E-state index in [1.807, 2.05) is 50.1 Å². The summed E-state index contributed by atoms with van der Waals surface area (Å²) in [5.74, 6) is 0. The summed E-state index contributed by atoms with van der Waals surface area (Å²) in [6.07, 6.45) is 5.60. The van der Waals surface area contributed by atoms with E-state index in [1.165, 1.54) is 0 Å². The normalized spacial score (nSPS) is 20.2. The number of rotatable bonds is 3. The molecular formula is C10H18N5+. The SMILES string of the molecule is CN(C)/C=C(\C=[N+](C)C)C1=NN=CC1N. The van der Waals surface area contributed by atoms with E-state index >= 15 is 0 Å². The van der Waals surface area contributed by atoms with Crippen molar-refractivity contribution < 1.29 is 4.58 Å². The molecule has 0 amide bonds. The fourth-order valence-electron chi connectivity index (χ4n) is 1.28. The summed E-state index contributed by atoms with van der Waals surface area (Å²) in [4.78, 5) is 1.96. The zero-order chi connectivity index (χ0) is 11.4. The molecule has 1 unspecified atom stereocenters. The molecule has 5 heteroatoms. The second kappa shape index (κ2) is 4.84. The maximum absolute atomic E-state index is 5.85. The van der Waals surface area contributed by atoms with E-state index in [0.29, 0.717) is 0 Å². The largest absolute Gasteiger partial charge is 0.383 e. The summed E-state index contributed by atoms with van der Waals surface area (Å²) >= 11 is 0. The first-order valence-electron chi connectivity index (χ1n) is 4.77. The Morgan fingerprint density at radius 2 is 2.20 bits per heavy atom. The van der Waals surface area contributed by atoms with Crippen molar-refractivity contribution in [2.24, 2.45) is 15.9 Å². The average Bonchev–Trinajstić information content (AvgIpc) is 2.48. The Kier molecular flexibility index (Phi) is 3.74. The predicted octanol–water partition coefficient (Wildman–Crippen LogP) is -0.457. The molecule has 2 N–H and O–H groups in total. The van der Waals surface area contributed by atoms with Crippen molar-refractivity contribution in [1.29, 1.82) is 0 Å². The Balaban J connectivity index is 2.98. The highest BCUT2D eigenvalue weighted by molar-refractivity contribution is 6.23. The van der Waals surface area contributed by atoms with Gasteiger partial charge in [0.25, 0.3) is 0 Å². The van der Waals surface area contributed by atoms with Crippen molar-refractivity contribution in [2.75, 3.05) is 28.2 Å². The zero-order valence-electron chi connectivity index (χ0n) is 9.68. The van der Waals surface area contributed by atoms with Crippen LogP contribution in [-0.4, -0.2) is 61.8 Å². The molecule has 0 fully saturated rings. The predicted molar refractivity (Wildman–Crippen MR) is 63.8 cm³/mol. The van der Waals surface area contributed by atoms with E-state index in [0.717, 1.165) is 11.3 Å². The van der Waals surface area contributed by atoms with Crippen LogP contribution in [0.2, 0.25) is 0 Å². The molecule has 0 saturated heterocycles. The van der Waals surface area contributed by atoms with Gasteiger partial charge in [-0.3, -0.25) is 0 Å². The van der Waals surface area contributed by atoms with Crippen molar-refractivity contribution >= 4 is 18.1 Å². The fraction of sp³-hybridized carbons (Fsp3) is 0.500. The Hall–Kier alpha value is -1.49. The third kappa shape index (κ3) is 3.28. The Morgan fingerprint density at radius 1 is 1.53 bits per heavy atom. The number of hydrogen-bond acceptors (Lipinski definition) is 4. The fourth-order valence-corrected chi connectivity index (χ4v) is 1.28.